The number of rotatable bonds is 42. The highest BCUT2D eigenvalue weighted by molar-refractivity contribution is 5.85. The highest BCUT2D eigenvalue weighted by Gasteiger charge is 2.59. The lowest BCUT2D eigenvalue weighted by atomic mass is 9.46. The van der Waals surface area contributed by atoms with Gasteiger partial charge in [0.15, 0.2) is 33.0 Å². The fourth-order valence-electron chi connectivity index (χ4n) is 20.4. The van der Waals surface area contributed by atoms with Gasteiger partial charge in [0.2, 0.25) is 0 Å². The van der Waals surface area contributed by atoms with Crippen LogP contribution in [0.3, 0.4) is 0 Å². The maximum absolute atomic E-state index is 12.5. The summed E-state index contributed by atoms with van der Waals surface area (Å²) in [6.45, 7) is 81.0. The Balaban J connectivity index is -0.000000806. The summed E-state index contributed by atoms with van der Waals surface area (Å²) >= 11 is 0. The zero-order valence-electron chi connectivity index (χ0n) is 102. The first-order chi connectivity index (χ1) is 67.8. The molecule has 4 bridgehead atoms. The third kappa shape index (κ3) is 49.4. The van der Waals surface area contributed by atoms with Crippen LogP contribution in [0.5, 0.6) is 0 Å². The van der Waals surface area contributed by atoms with Gasteiger partial charge in [0, 0.05) is 17.3 Å². The van der Waals surface area contributed by atoms with E-state index in [0.717, 1.165) is 101 Å². The summed E-state index contributed by atoms with van der Waals surface area (Å²) in [7, 11) is 0. The summed E-state index contributed by atoms with van der Waals surface area (Å²) < 4.78 is 59.6. The Kier molecular flexibility index (Phi) is 71.7. The molecule has 9 fully saturated rings. The van der Waals surface area contributed by atoms with E-state index < -0.39 is 90.3 Å². The van der Waals surface area contributed by atoms with Crippen LogP contribution in [-0.4, -0.2) is 139 Å². The molecule has 145 heavy (non-hydrogen) atoms. The second kappa shape index (κ2) is 71.6. The van der Waals surface area contributed by atoms with Crippen molar-refractivity contribution < 1.29 is 110 Å². The number of hydrogen-bond acceptors (Lipinski definition) is 23. The third-order valence-electron chi connectivity index (χ3n) is 33.4. The van der Waals surface area contributed by atoms with Crippen LogP contribution in [0, 0.1) is 90.7 Å². The van der Waals surface area contributed by atoms with E-state index in [-0.39, 0.29) is 79.7 Å². The zero-order chi connectivity index (χ0) is 113. The van der Waals surface area contributed by atoms with Gasteiger partial charge in [-0.3, -0.25) is 33.6 Å². The average Bonchev–Trinajstić information content (AvgIpc) is 1.55. The Hall–Kier alpha value is -6.16. The largest absolute Gasteiger partial charge is 0.465 e. The highest BCUT2D eigenvalue weighted by atomic mass is 16.6. The minimum absolute atomic E-state index is 0.115. The Labute approximate surface area is 888 Å². The average molecular weight is 2060 g/mol. The number of carbonyl (C=O) groups is 12. The van der Waals surface area contributed by atoms with Gasteiger partial charge in [-0.15, -0.1) is 0 Å². The van der Waals surface area contributed by atoms with E-state index in [1.165, 1.54) is 135 Å². The minimum Gasteiger partial charge on any atom is -0.465 e. The summed E-state index contributed by atoms with van der Waals surface area (Å²) in [6.07, 6.45) is 43.4. The van der Waals surface area contributed by atoms with Crippen molar-refractivity contribution in [3.05, 3.63) is 0 Å². The van der Waals surface area contributed by atoms with E-state index in [2.05, 4.69) is 41.5 Å². The molecule has 0 aromatic rings. The maximum Gasteiger partial charge on any atom is 0.344 e. The summed E-state index contributed by atoms with van der Waals surface area (Å²) in [5.74, 6) is 0.928. The smallest absolute Gasteiger partial charge is 0.344 e. The van der Waals surface area contributed by atoms with E-state index in [1.54, 1.807) is 0 Å². The first-order valence-corrected chi connectivity index (χ1v) is 58.4. The molecule has 0 heterocycles. The van der Waals surface area contributed by atoms with Gasteiger partial charge in [-0.05, 0) is 345 Å². The van der Waals surface area contributed by atoms with Crippen LogP contribution in [0.1, 0.15) is 554 Å². The summed E-state index contributed by atoms with van der Waals surface area (Å²) in [4.78, 5) is 145. The van der Waals surface area contributed by atoms with Crippen molar-refractivity contribution in [1.82, 2.24) is 0 Å². The second-order valence-corrected chi connectivity index (χ2v) is 46.4. The Morgan fingerprint density at radius 3 is 0.738 bits per heavy atom. The number of ketones is 1. The molecule has 9 aliphatic carbocycles. The van der Waals surface area contributed by atoms with E-state index in [9.17, 15) is 57.5 Å². The fourth-order valence-corrected chi connectivity index (χ4v) is 20.4. The fraction of sp³-hybridized carbons (Fsp3) is 0.902. The number of esters is 11. The quantitative estimate of drug-likeness (QED) is 0.0311. The van der Waals surface area contributed by atoms with Gasteiger partial charge in [0.1, 0.15) is 33.8 Å². The number of carbonyl (C=O) groups excluding carboxylic acids is 12. The number of ether oxygens (including phenoxy) is 11. The molecule has 9 rings (SSSR count). The van der Waals surface area contributed by atoms with Gasteiger partial charge in [-0.1, -0.05) is 250 Å². The zero-order valence-corrected chi connectivity index (χ0v) is 102. The highest BCUT2D eigenvalue weighted by Crippen LogP contribution is 2.64. The van der Waals surface area contributed by atoms with Crippen molar-refractivity contribution in [3.63, 3.8) is 0 Å². The monoisotopic (exact) mass is 2060 g/mol. The Morgan fingerprint density at radius 2 is 0.476 bits per heavy atom. The maximum atomic E-state index is 12.5. The summed E-state index contributed by atoms with van der Waals surface area (Å²) in [5.41, 5.74) is -5.56. The molecule has 0 aliphatic heterocycles. The van der Waals surface area contributed by atoms with Crippen LogP contribution >= 0.6 is 0 Å². The van der Waals surface area contributed by atoms with E-state index in [0.29, 0.717) is 86.9 Å². The molecular formula is C122H228O23. The molecule has 23 nitrogen and oxygen atoms in total. The van der Waals surface area contributed by atoms with Crippen LogP contribution in [-0.2, 0) is 110 Å². The SMILES string of the molecule is CC.CC.CC.CC.CC.CC.CCC(C)(C)C(=O)OCC(=O)OC(C)(C)C12CC3CC(CC(C3)C1)C2.CCC(C)(C)C(=O)OCC(=O)OC(C)(C)C1CCCC1.CCC(C)(C)C(=O)OCC(=O)OC(C)(CC)C1CCCC1.CCC(C)(C)C(=O)OCC(=O)OC(C)(CC)C1CCCCC1.CCC(C)(C)C(=O)OCC(=O)OC(CC)(CC)C1CCCCC1.CCC(C)(C)C(=O)OCCCC(=O)C(C)(C)C1CCCCC1. The third-order valence-corrected chi connectivity index (χ3v) is 33.4. The predicted molar refractivity (Wildman–Crippen MR) is 590 cm³/mol. The molecular weight excluding hydrogens is 1830 g/mol. The molecule has 0 spiro atoms. The van der Waals surface area contributed by atoms with Gasteiger partial charge in [-0.2, -0.15) is 0 Å². The van der Waals surface area contributed by atoms with Crippen molar-refractivity contribution >= 4 is 71.4 Å². The molecule has 9 aliphatic rings. The molecule has 0 saturated heterocycles. The molecule has 0 N–H and O–H groups in total. The van der Waals surface area contributed by atoms with Crippen LogP contribution < -0.4 is 0 Å². The Morgan fingerprint density at radius 1 is 0.248 bits per heavy atom. The van der Waals surface area contributed by atoms with E-state index >= 15 is 0 Å². The topological polar surface area (TPSA) is 306 Å². The lowest BCUT2D eigenvalue weighted by Gasteiger charge is -2.61. The van der Waals surface area contributed by atoms with Gasteiger partial charge in [0.05, 0.1) is 39.1 Å². The number of hydrogen-bond donors (Lipinski definition) is 0. The van der Waals surface area contributed by atoms with Crippen molar-refractivity contribution in [3.8, 4) is 0 Å². The molecule has 0 amide bonds. The van der Waals surface area contributed by atoms with Gasteiger partial charge in [-0.25, -0.2) is 24.0 Å². The molecule has 23 heteroatoms. The molecule has 0 aromatic carbocycles. The van der Waals surface area contributed by atoms with E-state index in [1.807, 2.05) is 249 Å². The van der Waals surface area contributed by atoms with Crippen molar-refractivity contribution in [2.45, 2.75) is 582 Å². The van der Waals surface area contributed by atoms with Crippen LogP contribution in [0.25, 0.3) is 0 Å². The lowest BCUT2D eigenvalue weighted by Crippen LogP contribution is -2.57. The first-order valence-electron chi connectivity index (χ1n) is 58.4. The van der Waals surface area contributed by atoms with Crippen molar-refractivity contribution in [2.75, 3.05) is 39.6 Å². The van der Waals surface area contributed by atoms with Gasteiger partial charge >= 0.3 is 65.7 Å². The van der Waals surface area contributed by atoms with Gasteiger partial charge in [0.25, 0.3) is 0 Å². The predicted octanol–water partition coefficient (Wildman–Crippen LogP) is 31.8. The minimum atomic E-state index is -0.560. The normalized spacial score (nSPS) is 19.5. The molecule has 2 atom stereocenters. The van der Waals surface area contributed by atoms with Crippen LogP contribution in [0.4, 0.5) is 0 Å². The molecule has 2 unspecified atom stereocenters. The molecule has 0 radical (unpaired) electrons. The summed E-state index contributed by atoms with van der Waals surface area (Å²) in [6, 6.07) is 0. The Bertz CT molecular complexity index is 3580. The molecule has 9 saturated carbocycles. The number of Topliss-reactive ketones (excluding diaryl/α,β-unsaturated/α-hetero) is 1. The van der Waals surface area contributed by atoms with E-state index in [4.69, 9.17) is 52.1 Å². The van der Waals surface area contributed by atoms with Crippen molar-refractivity contribution in [2.24, 2.45) is 90.7 Å². The van der Waals surface area contributed by atoms with Crippen LogP contribution in [0.15, 0.2) is 0 Å². The first kappa shape index (κ1) is 145. The van der Waals surface area contributed by atoms with Crippen LogP contribution in [0.2, 0.25) is 0 Å². The molecule has 0 aromatic heterocycles. The summed E-state index contributed by atoms with van der Waals surface area (Å²) in [5, 5.41) is 0. The van der Waals surface area contributed by atoms with Gasteiger partial charge < -0.3 is 52.1 Å². The molecule has 854 valence electrons. The lowest BCUT2D eigenvalue weighted by molar-refractivity contribution is -0.203. The second-order valence-electron chi connectivity index (χ2n) is 46.4. The van der Waals surface area contributed by atoms with Crippen molar-refractivity contribution in [1.29, 1.82) is 0 Å². The standard InChI is InChI=1S/C21H34O4.C19H34O4.C19H34O3.C18H32O4.C17H30O4.C16H28O4.6C2H6/c1-6-19(2,3)18(23)24-13-17(22)25-20(4,5)21-10-14-7-15(11-21)9-16(8-14)12-21;1-6-18(4,5)17(21)22-14-16(20)23-19(7-2,8-3)15-12-10-9-11-13-15;1-6-18(2,3)17(21)22-14-10-13-16(20)19(4,5)15-11-8-7-9-12-15;1-6-17(3,4)16(20)21-13-15(19)22-18(5,7-2)14-11-9-8-10-12-14;1-6-16(3,4)15(19)20-12-14(18)21-17(5,7-2)13-10-8-9-11-13;1-6-15(2,3)14(18)19-11-13(17)20-16(4,5)12-9-7-8-10-12;6*1-2/h14-16H,6-13H2,1-5H3;15H,6-14H2,1-5H3;15H,6-14H2,1-5H3;14H,6-13H2,1-5H3;13H,6-12H2,1-5H3;12H,6-11H2,1-5H3;6*1-2H3.